The van der Waals surface area contributed by atoms with Gasteiger partial charge in [0, 0.05) is 5.56 Å². The van der Waals surface area contributed by atoms with Crippen LogP contribution in [0.3, 0.4) is 0 Å². The lowest BCUT2D eigenvalue weighted by Crippen LogP contribution is -2.18. The van der Waals surface area contributed by atoms with E-state index in [1.165, 1.54) is 18.3 Å². The molecule has 7 nitrogen and oxygen atoms in total. The predicted octanol–water partition coefficient (Wildman–Crippen LogP) is 4.69. The summed E-state index contributed by atoms with van der Waals surface area (Å²) in [5.41, 5.74) is 1.75. The average Bonchev–Trinajstić information content (AvgIpc) is 2.85. The third-order valence-electron chi connectivity index (χ3n) is 5.16. The molecule has 0 aliphatic heterocycles. The molecule has 1 N–H and O–H groups in total. The summed E-state index contributed by atoms with van der Waals surface area (Å²) in [7, 11) is -2.31. The normalized spacial score (nSPS) is 11.5. The fraction of sp³-hybridized carbons (Fsp3) is 0.0769. The molecule has 34 heavy (non-hydrogen) atoms. The molecular formula is C26H22N2O5S. The number of hydrazone groups is 1. The fourth-order valence-corrected chi connectivity index (χ4v) is 4.11. The van der Waals surface area contributed by atoms with E-state index in [4.69, 9.17) is 9.47 Å². The molecule has 0 spiro atoms. The van der Waals surface area contributed by atoms with E-state index < -0.39 is 16.0 Å². The van der Waals surface area contributed by atoms with Gasteiger partial charge in [-0.1, -0.05) is 48.0 Å². The number of nitrogens with zero attached hydrogens (tertiary/aromatic N) is 1. The van der Waals surface area contributed by atoms with Crippen LogP contribution in [0.2, 0.25) is 0 Å². The van der Waals surface area contributed by atoms with Crippen LogP contribution in [0.15, 0.2) is 94.9 Å². The summed E-state index contributed by atoms with van der Waals surface area (Å²) in [6.07, 6.45) is 1.34. The molecule has 0 fully saturated rings. The van der Waals surface area contributed by atoms with Crippen LogP contribution >= 0.6 is 0 Å². The summed E-state index contributed by atoms with van der Waals surface area (Å²) < 4.78 is 35.9. The zero-order valence-electron chi connectivity index (χ0n) is 18.6. The van der Waals surface area contributed by atoms with Crippen molar-refractivity contribution in [2.24, 2.45) is 5.10 Å². The number of benzene rings is 4. The minimum absolute atomic E-state index is 0.0966. The van der Waals surface area contributed by atoms with E-state index in [-0.39, 0.29) is 10.6 Å². The number of sulfonamides is 1. The highest BCUT2D eigenvalue weighted by atomic mass is 32.2. The van der Waals surface area contributed by atoms with Gasteiger partial charge in [0.25, 0.3) is 10.0 Å². The summed E-state index contributed by atoms with van der Waals surface area (Å²) >= 11 is 0. The minimum atomic E-state index is -3.85. The number of carbonyl (C=O) groups excluding carboxylic acids is 1. The van der Waals surface area contributed by atoms with Crippen molar-refractivity contribution in [2.75, 3.05) is 7.11 Å². The SMILES string of the molecule is COc1ccc(C(=O)Oc2ccc3ccccc3c2/C=N\NS(=O)(=O)c2ccc(C)cc2)cc1. The minimum Gasteiger partial charge on any atom is -0.497 e. The molecule has 0 atom stereocenters. The van der Waals surface area contributed by atoms with Crippen LogP contribution in [0, 0.1) is 6.92 Å². The van der Waals surface area contributed by atoms with Gasteiger partial charge in [-0.15, -0.1) is 0 Å². The van der Waals surface area contributed by atoms with Gasteiger partial charge >= 0.3 is 5.97 Å². The maximum atomic E-state index is 12.7. The number of fused-ring (bicyclic) bond motifs is 1. The molecule has 0 aliphatic carbocycles. The average molecular weight is 475 g/mol. The van der Waals surface area contributed by atoms with Crippen molar-refractivity contribution in [3.05, 3.63) is 102 Å². The lowest BCUT2D eigenvalue weighted by molar-refractivity contribution is 0.0734. The van der Waals surface area contributed by atoms with Crippen LogP contribution in [0.5, 0.6) is 11.5 Å². The first-order valence-electron chi connectivity index (χ1n) is 10.4. The van der Waals surface area contributed by atoms with Crippen LogP contribution in [0.25, 0.3) is 10.8 Å². The van der Waals surface area contributed by atoms with Crippen LogP contribution in [-0.4, -0.2) is 27.7 Å². The van der Waals surface area contributed by atoms with E-state index in [0.717, 1.165) is 16.3 Å². The zero-order valence-corrected chi connectivity index (χ0v) is 19.4. The van der Waals surface area contributed by atoms with E-state index in [2.05, 4.69) is 9.93 Å². The van der Waals surface area contributed by atoms with Gasteiger partial charge in [-0.25, -0.2) is 9.63 Å². The second-order valence-electron chi connectivity index (χ2n) is 7.48. The lowest BCUT2D eigenvalue weighted by Gasteiger charge is -2.11. The Morgan fingerprint density at radius 3 is 2.32 bits per heavy atom. The number of hydrogen-bond acceptors (Lipinski definition) is 6. The van der Waals surface area contributed by atoms with E-state index in [0.29, 0.717) is 16.9 Å². The molecule has 0 aliphatic rings. The first-order valence-corrected chi connectivity index (χ1v) is 11.9. The summed E-state index contributed by atoms with van der Waals surface area (Å²) in [5.74, 6) is 0.307. The first kappa shape index (κ1) is 23.0. The molecule has 4 aromatic carbocycles. The van der Waals surface area contributed by atoms with Crippen LogP contribution in [0.1, 0.15) is 21.5 Å². The maximum Gasteiger partial charge on any atom is 0.343 e. The standard InChI is InChI=1S/C26H22N2O5S/c1-18-7-14-22(15-8-18)34(30,31)28-27-17-24-23-6-4-3-5-19(23)11-16-25(24)33-26(29)20-9-12-21(32-2)13-10-20/h3-17,28H,1-2H3/b27-17-. The molecule has 0 amide bonds. The lowest BCUT2D eigenvalue weighted by atomic mass is 10.0. The van der Waals surface area contributed by atoms with Crippen molar-refractivity contribution >= 4 is 33.0 Å². The molecule has 0 aromatic heterocycles. The molecule has 0 bridgehead atoms. The van der Waals surface area contributed by atoms with Gasteiger partial charge in [0.05, 0.1) is 23.8 Å². The second kappa shape index (κ2) is 9.76. The van der Waals surface area contributed by atoms with Gasteiger partial charge in [0.15, 0.2) is 0 Å². The third kappa shape index (κ3) is 5.07. The summed E-state index contributed by atoms with van der Waals surface area (Å²) in [6.45, 7) is 1.87. The molecule has 0 saturated heterocycles. The quantitative estimate of drug-likeness (QED) is 0.182. The molecule has 4 aromatic rings. The number of hydrogen-bond donors (Lipinski definition) is 1. The fourth-order valence-electron chi connectivity index (χ4n) is 3.31. The molecule has 0 heterocycles. The van der Waals surface area contributed by atoms with Crippen LogP contribution < -0.4 is 14.3 Å². The number of ether oxygens (including phenoxy) is 2. The summed E-state index contributed by atoms with van der Waals surface area (Å²) in [5, 5.41) is 5.59. The highest BCUT2D eigenvalue weighted by Gasteiger charge is 2.15. The van der Waals surface area contributed by atoms with Crippen molar-refractivity contribution in [2.45, 2.75) is 11.8 Å². The number of rotatable bonds is 7. The van der Waals surface area contributed by atoms with Crippen molar-refractivity contribution in [3.63, 3.8) is 0 Å². The molecule has 0 radical (unpaired) electrons. The van der Waals surface area contributed by atoms with Gasteiger partial charge in [-0.05, 0) is 60.2 Å². The van der Waals surface area contributed by atoms with Crippen LogP contribution in [-0.2, 0) is 10.0 Å². The number of carbonyl (C=O) groups is 1. The van der Waals surface area contributed by atoms with Gasteiger partial charge in [-0.2, -0.15) is 13.5 Å². The summed E-state index contributed by atoms with van der Waals surface area (Å²) in [6, 6.07) is 23.9. The van der Waals surface area contributed by atoms with Gasteiger partial charge in [0.2, 0.25) is 0 Å². The summed E-state index contributed by atoms with van der Waals surface area (Å²) in [4.78, 5) is 15.0. The van der Waals surface area contributed by atoms with Crippen molar-refractivity contribution < 1.29 is 22.7 Å². The molecule has 172 valence electrons. The highest BCUT2D eigenvalue weighted by molar-refractivity contribution is 7.89. The number of aryl methyl sites for hydroxylation is 1. The smallest absolute Gasteiger partial charge is 0.343 e. The third-order valence-corrected chi connectivity index (χ3v) is 6.40. The predicted molar refractivity (Wildman–Crippen MR) is 131 cm³/mol. The van der Waals surface area contributed by atoms with Crippen molar-refractivity contribution in [1.82, 2.24) is 4.83 Å². The number of esters is 1. The molecular weight excluding hydrogens is 452 g/mol. The van der Waals surface area contributed by atoms with Crippen molar-refractivity contribution in [3.8, 4) is 11.5 Å². The zero-order chi connectivity index (χ0) is 24.1. The highest BCUT2D eigenvalue weighted by Crippen LogP contribution is 2.27. The molecule has 0 saturated carbocycles. The monoisotopic (exact) mass is 474 g/mol. The Balaban J connectivity index is 1.64. The van der Waals surface area contributed by atoms with Gasteiger partial charge < -0.3 is 9.47 Å². The Morgan fingerprint density at radius 2 is 1.62 bits per heavy atom. The maximum absolute atomic E-state index is 12.7. The van der Waals surface area contributed by atoms with Gasteiger partial charge in [0.1, 0.15) is 11.5 Å². The van der Waals surface area contributed by atoms with Gasteiger partial charge in [-0.3, -0.25) is 0 Å². The van der Waals surface area contributed by atoms with Crippen molar-refractivity contribution in [1.29, 1.82) is 0 Å². The topological polar surface area (TPSA) is 94.1 Å². The largest absolute Gasteiger partial charge is 0.497 e. The first-order chi connectivity index (χ1) is 16.4. The Hall–Kier alpha value is -4.17. The van der Waals surface area contributed by atoms with Crippen LogP contribution in [0.4, 0.5) is 0 Å². The Kier molecular flexibility index (Phi) is 6.60. The Bertz CT molecular complexity index is 1460. The number of nitrogens with one attached hydrogen (secondary N) is 1. The number of methoxy groups -OCH3 is 1. The van der Waals surface area contributed by atoms with E-state index in [1.807, 2.05) is 37.3 Å². The van der Waals surface area contributed by atoms with E-state index in [1.54, 1.807) is 49.6 Å². The van der Waals surface area contributed by atoms with E-state index >= 15 is 0 Å². The molecule has 0 unspecified atom stereocenters. The Labute approximate surface area is 197 Å². The molecule has 4 rings (SSSR count). The Morgan fingerprint density at radius 1 is 0.912 bits per heavy atom. The second-order valence-corrected chi connectivity index (χ2v) is 9.14. The van der Waals surface area contributed by atoms with E-state index in [9.17, 15) is 13.2 Å². The molecule has 8 heteroatoms.